The van der Waals surface area contributed by atoms with Crippen molar-refractivity contribution in [2.75, 3.05) is 41.7 Å². The lowest BCUT2D eigenvalue weighted by atomic mass is 9.92. The number of fused-ring (bicyclic) bond motifs is 4. The first-order chi connectivity index (χ1) is 19.5. The number of nitrogen functional groups attached to an aromatic ring is 1. The third-order valence-electron chi connectivity index (χ3n) is 8.06. The molecule has 0 radical (unpaired) electrons. The van der Waals surface area contributed by atoms with E-state index >= 15 is 4.39 Å². The highest BCUT2D eigenvalue weighted by Gasteiger charge is 2.40. The number of nitrogens with one attached hydrogen (secondary N) is 1. The van der Waals surface area contributed by atoms with E-state index in [1.54, 1.807) is 4.90 Å². The molecule has 5 heterocycles. The highest BCUT2D eigenvalue weighted by molar-refractivity contribution is 7.23. The number of hydrogen-bond donors (Lipinski definition) is 3. The van der Waals surface area contributed by atoms with Crippen LogP contribution in [0.15, 0.2) is 18.2 Å². The number of nitrogens with two attached hydrogens (primary N) is 1. The maximum absolute atomic E-state index is 16.7. The Morgan fingerprint density at radius 1 is 1.07 bits per heavy atom. The second-order valence-electron chi connectivity index (χ2n) is 10.7. The second kappa shape index (κ2) is 9.10. The van der Waals surface area contributed by atoms with Crippen molar-refractivity contribution in [2.45, 2.75) is 37.2 Å². The molecule has 14 heteroatoms. The van der Waals surface area contributed by atoms with Crippen molar-refractivity contribution in [3.8, 4) is 17.2 Å². The Balaban J connectivity index is 1.54. The number of aliphatic hydroxyl groups excluding tert-OH is 1. The molecular formula is C27H22F5N7OS. The first kappa shape index (κ1) is 26.1. The van der Waals surface area contributed by atoms with Crippen LogP contribution in [0.5, 0.6) is 0 Å². The third-order valence-corrected chi connectivity index (χ3v) is 9.09. The number of anilines is 3. The first-order valence-electron chi connectivity index (χ1n) is 13.0. The average molecular weight is 588 g/mol. The Kier molecular flexibility index (Phi) is 5.80. The van der Waals surface area contributed by atoms with Gasteiger partial charge in [0.15, 0.2) is 5.82 Å². The maximum atomic E-state index is 16.7. The standard InChI is InChI=1S/C27H22F5N7OS/c28-18-4-3-14(19-16(6-33)24(34)41-23(18)19)20-17(27(30,31)32)5-15-22(21(20)29)36-26(39-9-13(40)10-39)37-25(15)38-7-11-1-2-12(8-38)35-11/h3-5,11-13,35,40H,1-2,7-10,34H2. The summed E-state index contributed by atoms with van der Waals surface area (Å²) in [7, 11) is 0. The first-order valence-corrected chi connectivity index (χ1v) is 13.8. The number of alkyl halides is 3. The topological polar surface area (TPSA) is 114 Å². The lowest BCUT2D eigenvalue weighted by molar-refractivity contribution is -0.137. The lowest BCUT2D eigenvalue weighted by Gasteiger charge is -2.38. The van der Waals surface area contributed by atoms with Gasteiger partial charge in [-0.3, -0.25) is 0 Å². The molecule has 0 aliphatic carbocycles. The third kappa shape index (κ3) is 4.05. The highest BCUT2D eigenvalue weighted by atomic mass is 32.1. The van der Waals surface area contributed by atoms with E-state index < -0.39 is 35.0 Å². The Morgan fingerprint density at radius 2 is 1.78 bits per heavy atom. The Morgan fingerprint density at radius 3 is 2.41 bits per heavy atom. The molecule has 41 heavy (non-hydrogen) atoms. The SMILES string of the molecule is N#Cc1c(N)sc2c(F)ccc(-c3c(C(F)(F)F)cc4c(N5CC6CCC(C5)N6)nc(N5CC(O)C5)nc4c3F)c12. The van der Waals surface area contributed by atoms with Crippen LogP contribution in [0.3, 0.4) is 0 Å². The van der Waals surface area contributed by atoms with Crippen LogP contribution in [-0.4, -0.2) is 59.4 Å². The number of aromatic nitrogens is 2. The molecule has 0 amide bonds. The molecule has 8 nitrogen and oxygen atoms in total. The van der Waals surface area contributed by atoms with Crippen LogP contribution < -0.4 is 20.9 Å². The fraction of sp³-hybridized carbons (Fsp3) is 0.370. The molecule has 3 saturated heterocycles. The average Bonchev–Trinajstić information content (AvgIpc) is 3.44. The molecule has 0 saturated carbocycles. The van der Waals surface area contributed by atoms with Crippen LogP contribution >= 0.6 is 11.3 Å². The summed E-state index contributed by atoms with van der Waals surface area (Å²) in [6.45, 7) is 1.36. The number of rotatable bonds is 3. The van der Waals surface area contributed by atoms with Crippen LogP contribution in [0.25, 0.3) is 32.1 Å². The molecule has 2 bridgehead atoms. The van der Waals surface area contributed by atoms with Crippen LogP contribution in [0, 0.1) is 23.0 Å². The molecule has 2 unspecified atom stereocenters. The lowest BCUT2D eigenvalue weighted by Crippen LogP contribution is -2.53. The minimum atomic E-state index is -5.01. The number of benzene rings is 2. The molecule has 4 aromatic rings. The molecule has 4 N–H and O–H groups in total. The second-order valence-corrected chi connectivity index (χ2v) is 11.8. The largest absolute Gasteiger partial charge is 0.417 e. The monoisotopic (exact) mass is 587 g/mol. The number of halogens is 5. The zero-order valence-corrected chi connectivity index (χ0v) is 22.1. The number of β-amino-alcohol motifs (C(OH)–C–C–N with tert-alkyl or cyclic N) is 1. The highest BCUT2D eigenvalue weighted by Crippen LogP contribution is 2.48. The summed E-state index contributed by atoms with van der Waals surface area (Å²) in [6.07, 6.45) is -3.82. The maximum Gasteiger partial charge on any atom is 0.417 e. The zero-order chi connectivity index (χ0) is 28.8. The molecule has 2 aromatic carbocycles. The van der Waals surface area contributed by atoms with Crippen LogP contribution in [0.2, 0.25) is 0 Å². The summed E-state index contributed by atoms with van der Waals surface area (Å²) in [5.41, 5.74) is 2.91. The van der Waals surface area contributed by atoms with Gasteiger partial charge >= 0.3 is 6.18 Å². The van der Waals surface area contributed by atoms with Crippen molar-refractivity contribution < 1.29 is 27.1 Å². The summed E-state index contributed by atoms with van der Waals surface area (Å²) in [4.78, 5) is 12.4. The number of aliphatic hydroxyl groups is 1. The van der Waals surface area contributed by atoms with E-state index in [4.69, 9.17) is 5.73 Å². The molecule has 0 spiro atoms. The smallest absolute Gasteiger partial charge is 0.389 e. The molecular weight excluding hydrogens is 565 g/mol. The molecule has 7 rings (SSSR count). The van der Waals surface area contributed by atoms with E-state index in [-0.39, 0.29) is 74.1 Å². The van der Waals surface area contributed by atoms with E-state index in [2.05, 4.69) is 15.3 Å². The summed E-state index contributed by atoms with van der Waals surface area (Å²) in [5, 5.41) is 22.7. The van der Waals surface area contributed by atoms with Crippen LogP contribution in [0.1, 0.15) is 24.0 Å². The van der Waals surface area contributed by atoms with Gasteiger partial charge in [-0.1, -0.05) is 6.07 Å². The van der Waals surface area contributed by atoms with Gasteiger partial charge < -0.3 is 26.0 Å². The van der Waals surface area contributed by atoms with E-state index in [0.717, 1.165) is 31.0 Å². The number of thiophene rings is 1. The van der Waals surface area contributed by atoms with Crippen molar-refractivity contribution in [3.63, 3.8) is 0 Å². The van der Waals surface area contributed by atoms with Gasteiger partial charge in [0.25, 0.3) is 0 Å². The van der Waals surface area contributed by atoms with Gasteiger partial charge in [-0.15, -0.1) is 11.3 Å². The summed E-state index contributed by atoms with van der Waals surface area (Å²) in [5.74, 6) is -1.77. The van der Waals surface area contributed by atoms with Gasteiger partial charge in [0.1, 0.15) is 28.2 Å². The van der Waals surface area contributed by atoms with Crippen LogP contribution in [-0.2, 0) is 6.18 Å². The minimum absolute atomic E-state index is 0.0832. The van der Waals surface area contributed by atoms with Crippen molar-refractivity contribution in [1.82, 2.24) is 15.3 Å². The van der Waals surface area contributed by atoms with E-state index in [0.29, 0.717) is 24.4 Å². The molecule has 3 aliphatic rings. The van der Waals surface area contributed by atoms with Gasteiger partial charge in [0.2, 0.25) is 5.95 Å². The fourth-order valence-corrected chi connectivity index (χ4v) is 7.12. The van der Waals surface area contributed by atoms with Crippen LogP contribution in [0.4, 0.5) is 38.7 Å². The normalized spacial score (nSPS) is 21.1. The number of nitrogens with zero attached hydrogens (tertiary/aromatic N) is 5. The van der Waals surface area contributed by atoms with Crippen molar-refractivity contribution in [1.29, 1.82) is 5.26 Å². The summed E-state index contributed by atoms with van der Waals surface area (Å²) in [6, 6.07) is 4.90. The zero-order valence-electron chi connectivity index (χ0n) is 21.3. The predicted octanol–water partition coefficient (Wildman–Crippen LogP) is 4.38. The fourth-order valence-electron chi connectivity index (χ4n) is 6.17. The van der Waals surface area contributed by atoms with Gasteiger partial charge in [0, 0.05) is 54.6 Å². The van der Waals surface area contributed by atoms with Crippen molar-refractivity contribution >= 4 is 49.1 Å². The Labute approximate surface area is 233 Å². The number of nitriles is 1. The van der Waals surface area contributed by atoms with Gasteiger partial charge in [-0.25, -0.2) is 13.8 Å². The molecule has 3 fully saturated rings. The molecule has 212 valence electrons. The summed E-state index contributed by atoms with van der Waals surface area (Å²) < 4.78 is 75.4. The quantitative estimate of drug-likeness (QED) is 0.303. The van der Waals surface area contributed by atoms with E-state index in [9.17, 15) is 27.9 Å². The molecule has 3 aliphatic heterocycles. The minimum Gasteiger partial charge on any atom is -0.389 e. The number of hydrogen-bond acceptors (Lipinski definition) is 9. The van der Waals surface area contributed by atoms with Gasteiger partial charge in [-0.2, -0.15) is 23.4 Å². The van der Waals surface area contributed by atoms with E-state index in [1.807, 2.05) is 11.0 Å². The predicted molar refractivity (Wildman–Crippen MR) is 145 cm³/mol. The van der Waals surface area contributed by atoms with Gasteiger partial charge in [-0.05, 0) is 30.5 Å². The van der Waals surface area contributed by atoms with Crippen molar-refractivity contribution in [3.05, 3.63) is 41.0 Å². The summed E-state index contributed by atoms with van der Waals surface area (Å²) >= 11 is 0.714. The van der Waals surface area contributed by atoms with Gasteiger partial charge in [0.05, 0.1) is 21.9 Å². The number of piperazine rings is 1. The van der Waals surface area contributed by atoms with Crippen molar-refractivity contribution in [2.24, 2.45) is 0 Å². The Hall–Kier alpha value is -3.80. The Bertz CT molecular complexity index is 1770. The molecule has 2 aromatic heterocycles. The molecule has 2 atom stereocenters. The van der Waals surface area contributed by atoms with E-state index in [1.165, 1.54) is 0 Å².